The van der Waals surface area contributed by atoms with Crippen molar-refractivity contribution in [2.45, 2.75) is 33.2 Å². The zero-order valence-electron chi connectivity index (χ0n) is 16.9. The van der Waals surface area contributed by atoms with Gasteiger partial charge >= 0.3 is 5.97 Å². The molecule has 3 heterocycles. The van der Waals surface area contributed by atoms with Gasteiger partial charge in [0.2, 0.25) is 0 Å². The van der Waals surface area contributed by atoms with Crippen LogP contribution in [0.15, 0.2) is 54.3 Å². The lowest BCUT2D eigenvalue weighted by Crippen LogP contribution is -2.00. The van der Waals surface area contributed by atoms with Gasteiger partial charge in [0.1, 0.15) is 5.01 Å². The maximum atomic E-state index is 11.0. The van der Waals surface area contributed by atoms with Crippen molar-refractivity contribution >= 4 is 17.3 Å². The molecule has 0 aliphatic rings. The number of thiazole rings is 1. The fraction of sp³-hybridized carbons (Fsp3) is 0.217. The molecule has 0 spiro atoms. The number of hydrogen-bond donors (Lipinski definition) is 1. The van der Waals surface area contributed by atoms with E-state index in [1.807, 2.05) is 24.6 Å². The summed E-state index contributed by atoms with van der Waals surface area (Å²) < 4.78 is 1.60. The molecule has 0 saturated heterocycles. The number of carboxylic acids is 1. The molecule has 7 heteroatoms. The van der Waals surface area contributed by atoms with Gasteiger partial charge in [0.15, 0.2) is 0 Å². The number of pyridine rings is 1. The Kier molecular flexibility index (Phi) is 5.72. The lowest BCUT2D eigenvalue weighted by atomic mass is 9.99. The second-order valence-electron chi connectivity index (χ2n) is 7.31. The van der Waals surface area contributed by atoms with Crippen molar-refractivity contribution in [1.29, 1.82) is 0 Å². The molecule has 6 nitrogen and oxygen atoms in total. The number of nitrogens with zero attached hydrogens (tertiary/aromatic N) is 4. The monoisotopic (exact) mass is 418 g/mol. The highest BCUT2D eigenvalue weighted by Crippen LogP contribution is 2.25. The Hall–Kier alpha value is -3.32. The summed E-state index contributed by atoms with van der Waals surface area (Å²) >= 11 is 1.55. The lowest BCUT2D eigenvalue weighted by molar-refractivity contribution is 0.0696. The molecular formula is C23H22N4O2S. The van der Waals surface area contributed by atoms with Gasteiger partial charge in [-0.1, -0.05) is 17.7 Å². The van der Waals surface area contributed by atoms with Crippen LogP contribution >= 0.6 is 11.3 Å². The van der Waals surface area contributed by atoms with Crippen molar-refractivity contribution in [1.82, 2.24) is 19.7 Å². The Morgan fingerprint density at radius 1 is 1.20 bits per heavy atom. The average molecular weight is 419 g/mol. The molecule has 0 atom stereocenters. The van der Waals surface area contributed by atoms with Crippen LogP contribution in [0.4, 0.5) is 0 Å². The molecule has 0 bridgehead atoms. The van der Waals surface area contributed by atoms with Crippen molar-refractivity contribution in [2.75, 3.05) is 0 Å². The Bertz CT molecular complexity index is 1200. The van der Waals surface area contributed by atoms with Gasteiger partial charge in [-0.2, -0.15) is 5.10 Å². The molecule has 4 aromatic rings. The van der Waals surface area contributed by atoms with Crippen LogP contribution in [0.5, 0.6) is 0 Å². The third-order valence-corrected chi connectivity index (χ3v) is 5.80. The first kappa shape index (κ1) is 20.0. The van der Waals surface area contributed by atoms with Crippen LogP contribution in [0.25, 0.3) is 11.3 Å². The van der Waals surface area contributed by atoms with Gasteiger partial charge in [0.05, 0.1) is 24.0 Å². The van der Waals surface area contributed by atoms with Gasteiger partial charge in [-0.05, 0) is 56.0 Å². The maximum absolute atomic E-state index is 11.0. The van der Waals surface area contributed by atoms with Gasteiger partial charge < -0.3 is 5.11 Å². The first-order valence-corrected chi connectivity index (χ1v) is 10.6. The van der Waals surface area contributed by atoms with Crippen molar-refractivity contribution in [3.8, 4) is 11.3 Å². The summed E-state index contributed by atoms with van der Waals surface area (Å²) in [4.78, 5) is 20.1. The van der Waals surface area contributed by atoms with E-state index < -0.39 is 5.97 Å². The van der Waals surface area contributed by atoms with Crippen LogP contribution in [-0.2, 0) is 19.4 Å². The molecule has 0 amide bonds. The Morgan fingerprint density at radius 3 is 2.83 bits per heavy atom. The number of aromatic carboxylic acids is 1. The number of benzene rings is 1. The molecule has 4 rings (SSSR count). The van der Waals surface area contributed by atoms with E-state index in [-0.39, 0.29) is 5.56 Å². The van der Waals surface area contributed by atoms with E-state index in [2.05, 4.69) is 41.3 Å². The number of rotatable bonds is 7. The van der Waals surface area contributed by atoms with Gasteiger partial charge in [0, 0.05) is 29.0 Å². The highest BCUT2D eigenvalue weighted by atomic mass is 32.1. The third-order valence-electron chi connectivity index (χ3n) is 4.96. The summed E-state index contributed by atoms with van der Waals surface area (Å²) in [6.07, 6.45) is 6.61. The highest BCUT2D eigenvalue weighted by Gasteiger charge is 2.10. The molecule has 0 aliphatic carbocycles. The van der Waals surface area contributed by atoms with E-state index in [0.717, 1.165) is 34.8 Å². The lowest BCUT2D eigenvalue weighted by Gasteiger charge is -2.08. The summed E-state index contributed by atoms with van der Waals surface area (Å²) in [5.74, 6) is -0.977. The van der Waals surface area contributed by atoms with Crippen LogP contribution in [0.1, 0.15) is 37.7 Å². The summed E-state index contributed by atoms with van der Waals surface area (Å²) in [7, 11) is 0. The molecule has 3 aromatic heterocycles. The fourth-order valence-electron chi connectivity index (χ4n) is 3.43. The number of carboxylic acid groups (broad SMARTS) is 1. The second kappa shape index (κ2) is 8.59. The maximum Gasteiger partial charge on any atom is 0.338 e. The van der Waals surface area contributed by atoms with Crippen molar-refractivity contribution in [3.63, 3.8) is 0 Å². The van der Waals surface area contributed by atoms with Gasteiger partial charge in [0.25, 0.3) is 0 Å². The second-order valence-corrected chi connectivity index (χ2v) is 8.26. The Balaban J connectivity index is 1.50. The molecule has 0 saturated carbocycles. The minimum absolute atomic E-state index is 0.180. The molecular weight excluding hydrogens is 396 g/mol. The smallest absolute Gasteiger partial charge is 0.338 e. The van der Waals surface area contributed by atoms with Crippen LogP contribution < -0.4 is 0 Å². The van der Waals surface area contributed by atoms with E-state index >= 15 is 0 Å². The van der Waals surface area contributed by atoms with Gasteiger partial charge in [-0.15, -0.1) is 11.3 Å². The zero-order valence-corrected chi connectivity index (χ0v) is 17.7. The summed E-state index contributed by atoms with van der Waals surface area (Å²) in [6, 6.07) is 10.7. The van der Waals surface area contributed by atoms with E-state index in [1.165, 1.54) is 29.1 Å². The molecule has 0 radical (unpaired) electrons. The number of aromatic nitrogens is 4. The predicted molar refractivity (Wildman–Crippen MR) is 117 cm³/mol. The van der Waals surface area contributed by atoms with Crippen LogP contribution in [-0.4, -0.2) is 30.8 Å². The molecule has 1 aromatic carbocycles. The van der Waals surface area contributed by atoms with Crippen LogP contribution in [0.3, 0.4) is 0 Å². The molecule has 1 N–H and O–H groups in total. The van der Waals surface area contributed by atoms with E-state index in [1.54, 1.807) is 16.0 Å². The fourth-order valence-corrected chi connectivity index (χ4v) is 4.22. The van der Waals surface area contributed by atoms with Crippen LogP contribution in [0.2, 0.25) is 0 Å². The molecule has 0 fully saturated rings. The Labute approximate surface area is 178 Å². The number of hydrogen-bond acceptors (Lipinski definition) is 5. The molecule has 152 valence electrons. The standard InChI is InChI=1S/C23H22N4O2S/c1-15-8-17(5-6-18-4-3-7-24-16(18)2)10-19(9-15)21-14-30-22(26-21)13-27-12-20(11-25-27)23(28)29/h3-4,7-12,14H,5-6,13H2,1-2H3,(H,28,29). The quantitative estimate of drug-likeness (QED) is 0.476. The van der Waals surface area contributed by atoms with Crippen molar-refractivity contribution in [3.05, 3.63) is 87.3 Å². The molecule has 30 heavy (non-hydrogen) atoms. The van der Waals surface area contributed by atoms with E-state index in [0.29, 0.717) is 6.54 Å². The minimum atomic E-state index is -0.977. The first-order chi connectivity index (χ1) is 14.5. The third kappa shape index (κ3) is 4.63. The van der Waals surface area contributed by atoms with Crippen molar-refractivity contribution < 1.29 is 9.90 Å². The Morgan fingerprint density at radius 2 is 2.07 bits per heavy atom. The summed E-state index contributed by atoms with van der Waals surface area (Å²) in [6.45, 7) is 4.61. The van der Waals surface area contributed by atoms with E-state index in [9.17, 15) is 4.79 Å². The van der Waals surface area contributed by atoms with Crippen LogP contribution in [0, 0.1) is 13.8 Å². The zero-order chi connectivity index (χ0) is 21.1. The summed E-state index contributed by atoms with van der Waals surface area (Å²) in [5.41, 5.74) is 7.05. The van der Waals surface area contributed by atoms with Gasteiger partial charge in [-0.3, -0.25) is 9.67 Å². The van der Waals surface area contributed by atoms with E-state index in [4.69, 9.17) is 10.1 Å². The largest absolute Gasteiger partial charge is 0.478 e. The minimum Gasteiger partial charge on any atom is -0.478 e. The first-order valence-electron chi connectivity index (χ1n) is 9.69. The number of carbonyl (C=O) groups is 1. The topological polar surface area (TPSA) is 80.9 Å². The summed E-state index contributed by atoms with van der Waals surface area (Å²) in [5, 5.41) is 16.1. The van der Waals surface area contributed by atoms with Gasteiger partial charge in [-0.25, -0.2) is 9.78 Å². The normalized spacial score (nSPS) is 11.0. The highest BCUT2D eigenvalue weighted by molar-refractivity contribution is 7.09. The predicted octanol–water partition coefficient (Wildman–Crippen LogP) is 4.55. The average Bonchev–Trinajstić information content (AvgIpc) is 3.37. The SMILES string of the molecule is Cc1cc(CCc2cccnc2C)cc(-c2csc(Cn3cc(C(=O)O)cn3)n2)c1. The molecule has 0 aliphatic heterocycles. The number of aryl methyl sites for hydroxylation is 4. The molecule has 0 unspecified atom stereocenters. The van der Waals surface area contributed by atoms with Crippen molar-refractivity contribution in [2.24, 2.45) is 0 Å².